The number of ether oxygens (including phenoxy) is 4. The highest BCUT2D eigenvalue weighted by molar-refractivity contribution is 5.86. The van der Waals surface area contributed by atoms with Gasteiger partial charge in [-0.15, -0.1) is 0 Å². The van der Waals surface area contributed by atoms with Crippen LogP contribution in [0.15, 0.2) is 0 Å². The second-order valence-electron chi connectivity index (χ2n) is 20.0. The number of carbonyl (C=O) groups excluding carboxylic acids is 7. The molecule has 25 heteroatoms. The fourth-order valence-electron chi connectivity index (χ4n) is 8.49. The van der Waals surface area contributed by atoms with Gasteiger partial charge in [0.05, 0.1) is 46.1 Å². The van der Waals surface area contributed by atoms with Gasteiger partial charge in [0.15, 0.2) is 0 Å². The van der Waals surface area contributed by atoms with Gasteiger partial charge in [0.2, 0.25) is 41.4 Å². The van der Waals surface area contributed by atoms with E-state index in [9.17, 15) is 53.1 Å². The van der Waals surface area contributed by atoms with E-state index in [0.29, 0.717) is 25.8 Å². The number of amides is 7. The minimum Gasteiger partial charge on any atom is -0.481 e. The molecule has 0 radical (unpaired) electrons. The molecule has 0 bridgehead atoms. The van der Waals surface area contributed by atoms with Crippen molar-refractivity contribution < 1.29 is 82.2 Å². The minimum atomic E-state index is -1.32. The number of hydrogen-bond donors (Lipinski definition) is 11. The molecule has 0 aromatic rings. The number of carboxylic acid groups (broad SMARTS) is 3. The number of carbonyl (C=O) groups is 10. The molecule has 0 aromatic heterocycles. The second-order valence-corrected chi connectivity index (χ2v) is 20.0. The van der Waals surface area contributed by atoms with Crippen molar-refractivity contribution in [2.45, 2.75) is 179 Å². The summed E-state index contributed by atoms with van der Waals surface area (Å²) < 4.78 is 21.3. The Labute approximate surface area is 466 Å². The molecule has 0 heterocycles. The SMILES string of the molecule is NC(CC(=O)NCCC(=O)NCCNC(=O)COCCOCCNC(=O)COCCOCCNC(=O)CC[C@H](NC(=O)C1CCC(CNC(=O)CCCCCCCCCCCCCCCCCCC(=O)O)CC1)C(=O)O)C(=O)O. The van der Waals surface area contributed by atoms with Crippen molar-refractivity contribution in [3.05, 3.63) is 0 Å². The van der Waals surface area contributed by atoms with Gasteiger partial charge in [0.1, 0.15) is 25.3 Å². The standard InChI is InChI=1S/C54H96N8O17/c55-43(53(72)73)37-48(66)56-26-25-47(65)57-27-28-58-49(67)39-78-35-34-77-32-30-60-50(68)40-79-36-33-76-31-29-59-46(64)24-23-44(54(74)75)62-52(71)42-21-19-41(20-22-42)38-61-45(63)17-15-13-11-9-7-5-3-1-2-4-6-8-10-12-14-16-18-51(69)70/h41-44H,1-40,55H2,(H,56,66)(H,57,65)(H,58,67)(H,59,64)(H,60,68)(H,61,63)(H,62,71)(H,69,70)(H,72,73)(H,74,75)/t41?,42?,43?,44-/m0/s1. The number of nitrogens with one attached hydrogen (secondary N) is 7. The topological polar surface area (TPSA) is 379 Å². The maximum Gasteiger partial charge on any atom is 0.326 e. The summed E-state index contributed by atoms with van der Waals surface area (Å²) in [6.45, 7) is 1.76. The molecule has 454 valence electrons. The maximum atomic E-state index is 13.0. The van der Waals surface area contributed by atoms with Crippen LogP contribution in [-0.2, 0) is 66.9 Å². The smallest absolute Gasteiger partial charge is 0.326 e. The molecule has 1 aliphatic rings. The number of rotatable bonds is 52. The molecule has 7 amide bonds. The van der Waals surface area contributed by atoms with Gasteiger partial charge in [-0.1, -0.05) is 89.9 Å². The molecule has 1 rings (SSSR count). The van der Waals surface area contributed by atoms with Gasteiger partial charge in [-0.3, -0.25) is 43.2 Å². The Morgan fingerprint density at radius 1 is 0.418 bits per heavy atom. The van der Waals surface area contributed by atoms with Crippen LogP contribution >= 0.6 is 0 Å². The van der Waals surface area contributed by atoms with Crippen LogP contribution in [0, 0.1) is 11.8 Å². The molecule has 0 aliphatic heterocycles. The molecule has 1 aliphatic carbocycles. The van der Waals surface area contributed by atoms with Gasteiger partial charge in [0.25, 0.3) is 0 Å². The maximum absolute atomic E-state index is 13.0. The molecule has 12 N–H and O–H groups in total. The van der Waals surface area contributed by atoms with E-state index in [2.05, 4.69) is 37.2 Å². The highest BCUT2D eigenvalue weighted by Gasteiger charge is 2.30. The fraction of sp³-hybridized carbons (Fsp3) is 0.815. The van der Waals surface area contributed by atoms with Crippen molar-refractivity contribution in [1.29, 1.82) is 0 Å². The number of carboxylic acids is 3. The molecule has 1 unspecified atom stereocenters. The fourth-order valence-corrected chi connectivity index (χ4v) is 8.49. The van der Waals surface area contributed by atoms with Crippen LogP contribution in [-0.4, -0.2) is 179 Å². The normalized spacial score (nSPS) is 14.7. The third-order valence-electron chi connectivity index (χ3n) is 13.1. The predicted octanol–water partition coefficient (Wildman–Crippen LogP) is 2.20. The first-order chi connectivity index (χ1) is 38.1. The average Bonchev–Trinajstić information content (AvgIpc) is 3.41. The zero-order valence-electron chi connectivity index (χ0n) is 46.7. The van der Waals surface area contributed by atoms with Gasteiger partial charge in [-0.25, -0.2) is 4.79 Å². The molecular formula is C54H96N8O17. The lowest BCUT2D eigenvalue weighted by atomic mass is 9.81. The van der Waals surface area contributed by atoms with Gasteiger partial charge < -0.3 is 77.2 Å². The van der Waals surface area contributed by atoms with Gasteiger partial charge in [-0.05, 0) is 50.9 Å². The van der Waals surface area contributed by atoms with Crippen molar-refractivity contribution >= 4 is 59.3 Å². The monoisotopic (exact) mass is 1130 g/mol. The number of nitrogens with two attached hydrogens (primary N) is 1. The van der Waals surface area contributed by atoms with Crippen molar-refractivity contribution in [3.63, 3.8) is 0 Å². The van der Waals surface area contributed by atoms with Crippen LogP contribution in [0.4, 0.5) is 0 Å². The van der Waals surface area contributed by atoms with Crippen LogP contribution < -0.4 is 43.0 Å². The Kier molecular flexibility index (Phi) is 43.8. The van der Waals surface area contributed by atoms with Crippen LogP contribution in [0.3, 0.4) is 0 Å². The predicted molar refractivity (Wildman–Crippen MR) is 291 cm³/mol. The summed E-state index contributed by atoms with van der Waals surface area (Å²) in [7, 11) is 0. The number of aliphatic carboxylic acids is 3. The first-order valence-electron chi connectivity index (χ1n) is 28.7. The zero-order valence-corrected chi connectivity index (χ0v) is 46.7. The average molecular weight is 1130 g/mol. The van der Waals surface area contributed by atoms with Crippen LogP contribution in [0.25, 0.3) is 0 Å². The van der Waals surface area contributed by atoms with Crippen molar-refractivity contribution in [2.24, 2.45) is 17.6 Å². The summed E-state index contributed by atoms with van der Waals surface area (Å²) in [6.07, 6.45) is 21.5. The Morgan fingerprint density at radius 3 is 1.33 bits per heavy atom. The molecule has 79 heavy (non-hydrogen) atoms. The summed E-state index contributed by atoms with van der Waals surface area (Å²) >= 11 is 0. The third-order valence-corrected chi connectivity index (χ3v) is 13.1. The molecule has 0 aromatic carbocycles. The first-order valence-corrected chi connectivity index (χ1v) is 28.7. The van der Waals surface area contributed by atoms with Crippen molar-refractivity contribution in [1.82, 2.24) is 37.2 Å². The van der Waals surface area contributed by atoms with Crippen molar-refractivity contribution in [2.75, 3.05) is 92.1 Å². The quantitative estimate of drug-likeness (QED) is 0.0389. The van der Waals surface area contributed by atoms with Crippen LogP contribution in [0.2, 0.25) is 0 Å². The zero-order chi connectivity index (χ0) is 58.1. The van der Waals surface area contributed by atoms with E-state index in [1.807, 2.05) is 0 Å². The summed E-state index contributed by atoms with van der Waals surface area (Å²) in [5.41, 5.74) is 5.28. The van der Waals surface area contributed by atoms with Crippen LogP contribution in [0.1, 0.15) is 167 Å². The Bertz CT molecular complexity index is 1750. The summed E-state index contributed by atoms with van der Waals surface area (Å²) in [6, 6.07) is -2.53. The highest BCUT2D eigenvalue weighted by Crippen LogP contribution is 2.29. The van der Waals surface area contributed by atoms with Gasteiger partial charge in [-0.2, -0.15) is 0 Å². The van der Waals surface area contributed by atoms with Gasteiger partial charge >= 0.3 is 17.9 Å². The van der Waals surface area contributed by atoms with E-state index in [0.717, 1.165) is 51.4 Å². The van der Waals surface area contributed by atoms with E-state index in [4.69, 9.17) is 34.9 Å². The highest BCUT2D eigenvalue weighted by atomic mass is 16.5. The molecule has 0 saturated heterocycles. The molecule has 1 fully saturated rings. The van der Waals surface area contributed by atoms with E-state index >= 15 is 0 Å². The summed E-state index contributed by atoms with van der Waals surface area (Å²) in [4.78, 5) is 118. The molecule has 1 saturated carbocycles. The summed E-state index contributed by atoms with van der Waals surface area (Å²) in [5, 5.41) is 45.6. The Morgan fingerprint density at radius 2 is 0.835 bits per heavy atom. The largest absolute Gasteiger partial charge is 0.481 e. The minimum absolute atomic E-state index is 0.00397. The lowest BCUT2D eigenvalue weighted by Gasteiger charge is -2.28. The Balaban J connectivity index is 1.97. The second kappa shape index (κ2) is 48.4. The van der Waals surface area contributed by atoms with E-state index in [1.165, 1.54) is 64.2 Å². The number of unbranched alkanes of at least 4 members (excludes halogenated alkanes) is 15. The molecule has 0 spiro atoms. The van der Waals surface area contributed by atoms with Gasteiger partial charge in [0, 0.05) is 70.9 Å². The number of hydrogen-bond acceptors (Lipinski definition) is 15. The molecular weight excluding hydrogens is 1030 g/mol. The van der Waals surface area contributed by atoms with E-state index in [-0.39, 0.29) is 153 Å². The lowest BCUT2D eigenvalue weighted by Crippen LogP contribution is -2.45. The van der Waals surface area contributed by atoms with E-state index < -0.39 is 48.2 Å². The molecule has 2 atom stereocenters. The van der Waals surface area contributed by atoms with Crippen LogP contribution in [0.5, 0.6) is 0 Å². The molecule has 25 nitrogen and oxygen atoms in total. The van der Waals surface area contributed by atoms with Crippen molar-refractivity contribution in [3.8, 4) is 0 Å². The first kappa shape index (κ1) is 71.5. The lowest BCUT2D eigenvalue weighted by molar-refractivity contribution is -0.143. The Hall–Kier alpha value is -5.50. The van der Waals surface area contributed by atoms with E-state index in [1.54, 1.807) is 0 Å². The third kappa shape index (κ3) is 44.0. The summed E-state index contributed by atoms with van der Waals surface area (Å²) in [5.74, 6) is -5.67.